The van der Waals surface area contributed by atoms with Gasteiger partial charge in [-0.3, -0.25) is 4.90 Å². The number of ether oxygens (including phenoxy) is 1. The molecule has 0 fully saturated rings. The van der Waals surface area contributed by atoms with Crippen LogP contribution in [0.5, 0.6) is 0 Å². The molecule has 1 aliphatic carbocycles. The average molecular weight is 209 g/mol. The fourth-order valence-electron chi connectivity index (χ4n) is 1.91. The third-order valence-electron chi connectivity index (χ3n) is 2.71. The van der Waals surface area contributed by atoms with Gasteiger partial charge in [0.1, 0.15) is 12.4 Å². The quantitative estimate of drug-likeness (QED) is 0.608. The first-order chi connectivity index (χ1) is 7.25. The highest BCUT2D eigenvalue weighted by atomic mass is 16.5. The molecule has 0 amide bonds. The van der Waals surface area contributed by atoms with Crippen LogP contribution in [0.1, 0.15) is 33.6 Å². The van der Waals surface area contributed by atoms with Gasteiger partial charge in [-0.25, -0.2) is 0 Å². The highest BCUT2D eigenvalue weighted by Gasteiger charge is 2.17. The summed E-state index contributed by atoms with van der Waals surface area (Å²) in [4.78, 5) is 2.32. The fourth-order valence-corrected chi connectivity index (χ4v) is 1.91. The number of rotatable bonds is 0. The van der Waals surface area contributed by atoms with E-state index in [9.17, 15) is 0 Å². The van der Waals surface area contributed by atoms with Crippen molar-refractivity contribution in [3.05, 3.63) is 23.0 Å². The van der Waals surface area contributed by atoms with Crippen LogP contribution in [0.4, 0.5) is 0 Å². The van der Waals surface area contributed by atoms with Crippen molar-refractivity contribution in [2.75, 3.05) is 26.7 Å². The summed E-state index contributed by atoms with van der Waals surface area (Å²) in [6, 6.07) is 0. The van der Waals surface area contributed by atoms with Crippen molar-refractivity contribution in [2.45, 2.75) is 33.6 Å². The van der Waals surface area contributed by atoms with Crippen molar-refractivity contribution in [3.8, 4) is 0 Å². The monoisotopic (exact) mass is 209 g/mol. The molecule has 0 aromatic rings. The minimum Gasteiger partial charge on any atom is -0.496 e. The van der Waals surface area contributed by atoms with Gasteiger partial charge in [0.25, 0.3) is 0 Å². The Bertz CT molecular complexity index is 266. The average Bonchev–Trinajstić information content (AvgIpc) is 2.41. The van der Waals surface area contributed by atoms with Gasteiger partial charge < -0.3 is 4.74 Å². The Morgan fingerprint density at radius 2 is 2.00 bits per heavy atom. The molecular weight excluding hydrogens is 186 g/mol. The number of nitrogens with zero attached hydrogens (tertiary/aromatic N) is 1. The summed E-state index contributed by atoms with van der Waals surface area (Å²) < 4.78 is 5.72. The molecule has 0 saturated heterocycles. The molecule has 0 radical (unpaired) electrons. The molecule has 0 unspecified atom stereocenters. The van der Waals surface area contributed by atoms with E-state index in [1.807, 2.05) is 13.8 Å². The van der Waals surface area contributed by atoms with Crippen LogP contribution in [0.25, 0.3) is 0 Å². The van der Waals surface area contributed by atoms with E-state index in [0.717, 1.165) is 26.1 Å². The van der Waals surface area contributed by atoms with Crippen LogP contribution in [-0.4, -0.2) is 31.6 Å². The summed E-state index contributed by atoms with van der Waals surface area (Å²) in [5, 5.41) is 0. The van der Waals surface area contributed by atoms with Crippen LogP contribution >= 0.6 is 0 Å². The third kappa shape index (κ3) is 3.38. The van der Waals surface area contributed by atoms with Crippen LogP contribution in [0.15, 0.2) is 23.0 Å². The molecule has 0 atom stereocenters. The standard InChI is InChI=1S/C11H17NO.C2H6/c1-9-3-4-11-10(7-9)8-12(2)5-6-13-11;1-2/h7H,3-6,8H2,1-2H3;1-2H3. The molecule has 1 heterocycles. The zero-order valence-corrected chi connectivity index (χ0v) is 10.5. The van der Waals surface area contributed by atoms with Gasteiger partial charge in [-0.15, -0.1) is 0 Å². The van der Waals surface area contributed by atoms with E-state index in [-0.39, 0.29) is 0 Å². The second-order valence-electron chi connectivity index (χ2n) is 4.03. The first-order valence-corrected chi connectivity index (χ1v) is 5.96. The van der Waals surface area contributed by atoms with Crippen molar-refractivity contribution in [1.82, 2.24) is 4.90 Å². The molecule has 2 aliphatic rings. The van der Waals surface area contributed by atoms with E-state index in [2.05, 4.69) is 24.9 Å². The molecule has 0 saturated carbocycles. The molecule has 2 nitrogen and oxygen atoms in total. The lowest BCUT2D eigenvalue weighted by atomic mass is 9.99. The molecule has 0 bridgehead atoms. The number of hydrogen-bond acceptors (Lipinski definition) is 2. The lowest BCUT2D eigenvalue weighted by Crippen LogP contribution is -2.22. The van der Waals surface area contributed by atoms with Crippen molar-refractivity contribution >= 4 is 0 Å². The van der Waals surface area contributed by atoms with Gasteiger partial charge in [0, 0.05) is 25.1 Å². The van der Waals surface area contributed by atoms with E-state index in [1.54, 1.807) is 0 Å². The third-order valence-corrected chi connectivity index (χ3v) is 2.71. The highest BCUT2D eigenvalue weighted by molar-refractivity contribution is 5.31. The van der Waals surface area contributed by atoms with Gasteiger partial charge >= 0.3 is 0 Å². The number of allylic oxidation sites excluding steroid dienone is 2. The number of hydrogen-bond donors (Lipinski definition) is 0. The molecule has 15 heavy (non-hydrogen) atoms. The predicted octanol–water partition coefficient (Wildman–Crippen LogP) is 2.97. The zero-order chi connectivity index (χ0) is 11.3. The van der Waals surface area contributed by atoms with Crippen molar-refractivity contribution < 1.29 is 4.74 Å². The highest BCUT2D eigenvalue weighted by Crippen LogP contribution is 2.26. The largest absolute Gasteiger partial charge is 0.496 e. The van der Waals surface area contributed by atoms with Gasteiger partial charge in [0.15, 0.2) is 0 Å². The summed E-state index contributed by atoms with van der Waals surface area (Å²) in [7, 11) is 2.15. The Kier molecular flexibility index (Phi) is 4.89. The van der Waals surface area contributed by atoms with E-state index in [1.165, 1.54) is 23.3 Å². The Labute approximate surface area is 93.6 Å². The van der Waals surface area contributed by atoms with E-state index in [4.69, 9.17) is 4.74 Å². The number of likely N-dealkylation sites (N-methyl/N-ethyl adjacent to an activating group) is 1. The van der Waals surface area contributed by atoms with Crippen LogP contribution in [0, 0.1) is 0 Å². The summed E-state index contributed by atoms with van der Waals surface area (Å²) in [6.07, 6.45) is 4.56. The van der Waals surface area contributed by atoms with Crippen LogP contribution in [-0.2, 0) is 4.74 Å². The van der Waals surface area contributed by atoms with E-state index >= 15 is 0 Å². The smallest absolute Gasteiger partial charge is 0.101 e. The van der Waals surface area contributed by atoms with Crippen LogP contribution in [0.2, 0.25) is 0 Å². The van der Waals surface area contributed by atoms with Crippen molar-refractivity contribution in [3.63, 3.8) is 0 Å². The molecule has 0 aromatic carbocycles. The van der Waals surface area contributed by atoms with Crippen LogP contribution < -0.4 is 0 Å². The normalized spacial score (nSPS) is 21.7. The molecule has 1 aliphatic heterocycles. The van der Waals surface area contributed by atoms with E-state index in [0.29, 0.717) is 0 Å². The molecule has 0 spiro atoms. The predicted molar refractivity (Wildman–Crippen MR) is 64.8 cm³/mol. The van der Waals surface area contributed by atoms with Crippen molar-refractivity contribution in [1.29, 1.82) is 0 Å². The lowest BCUT2D eigenvalue weighted by molar-refractivity contribution is 0.185. The molecule has 2 rings (SSSR count). The van der Waals surface area contributed by atoms with Gasteiger partial charge in [-0.05, 0) is 20.4 Å². The Morgan fingerprint density at radius 3 is 2.73 bits per heavy atom. The summed E-state index contributed by atoms with van der Waals surface area (Å²) in [5.41, 5.74) is 2.88. The fraction of sp³-hybridized carbons (Fsp3) is 0.692. The molecule has 0 aromatic heterocycles. The summed E-state index contributed by atoms with van der Waals surface area (Å²) >= 11 is 0. The first-order valence-electron chi connectivity index (χ1n) is 5.96. The second kappa shape index (κ2) is 5.96. The van der Waals surface area contributed by atoms with Crippen LogP contribution in [0.3, 0.4) is 0 Å². The molecule has 2 heteroatoms. The van der Waals surface area contributed by atoms with Gasteiger partial charge in [-0.1, -0.05) is 25.5 Å². The Hall–Kier alpha value is -0.760. The summed E-state index contributed by atoms with van der Waals surface area (Å²) in [6.45, 7) is 9.14. The van der Waals surface area contributed by atoms with E-state index < -0.39 is 0 Å². The summed E-state index contributed by atoms with van der Waals surface area (Å²) in [5.74, 6) is 1.23. The molecule has 86 valence electrons. The SMILES string of the molecule is CC.CC1=CC2=C(CC1)OCCN(C)C2. The zero-order valence-electron chi connectivity index (χ0n) is 10.5. The van der Waals surface area contributed by atoms with Gasteiger partial charge in [0.2, 0.25) is 0 Å². The molecular formula is C13H23NO. The van der Waals surface area contributed by atoms with Gasteiger partial charge in [0.05, 0.1) is 0 Å². The topological polar surface area (TPSA) is 12.5 Å². The minimum absolute atomic E-state index is 0.849. The maximum atomic E-state index is 5.72. The molecule has 0 N–H and O–H groups in total. The maximum absolute atomic E-state index is 5.72. The first kappa shape index (κ1) is 12.3. The second-order valence-corrected chi connectivity index (χ2v) is 4.03. The Morgan fingerprint density at radius 1 is 1.27 bits per heavy atom. The van der Waals surface area contributed by atoms with Gasteiger partial charge in [-0.2, -0.15) is 0 Å². The lowest BCUT2D eigenvalue weighted by Gasteiger charge is -2.17. The minimum atomic E-state index is 0.849. The van der Waals surface area contributed by atoms with Crippen molar-refractivity contribution in [2.24, 2.45) is 0 Å². The Balaban J connectivity index is 0.000000531. The maximum Gasteiger partial charge on any atom is 0.101 e.